The van der Waals surface area contributed by atoms with Crippen molar-refractivity contribution in [2.45, 2.75) is 109 Å². The second-order valence-corrected chi connectivity index (χ2v) is 10.2. The Morgan fingerprint density at radius 2 is 1.45 bits per heavy atom. The first-order valence-corrected chi connectivity index (χ1v) is 12.9. The number of halogens is 2. The second-order valence-electron chi connectivity index (χ2n) is 10.2. The lowest BCUT2D eigenvalue weighted by atomic mass is 9.67. The summed E-state index contributed by atoms with van der Waals surface area (Å²) in [6, 6.07) is 3.34. The molecule has 0 spiro atoms. The number of benzene rings is 1. The molecule has 2 atom stereocenters. The van der Waals surface area contributed by atoms with Crippen LogP contribution in [0.4, 0.5) is 8.78 Å². The number of ether oxygens (including phenoxy) is 2. The van der Waals surface area contributed by atoms with E-state index in [1.54, 1.807) is 19.1 Å². The van der Waals surface area contributed by atoms with Crippen molar-refractivity contribution in [3.8, 4) is 5.75 Å². The molecule has 1 aromatic rings. The lowest BCUT2D eigenvalue weighted by Gasteiger charge is -2.39. The Bertz CT molecular complexity index is 705. The molecule has 174 valence electrons. The number of hydrogen-bond acceptors (Lipinski definition) is 2. The van der Waals surface area contributed by atoms with Crippen molar-refractivity contribution in [2.75, 3.05) is 6.61 Å². The molecule has 2 unspecified atom stereocenters. The van der Waals surface area contributed by atoms with E-state index in [0.717, 1.165) is 43.4 Å². The van der Waals surface area contributed by atoms with Crippen LogP contribution in [0.5, 0.6) is 5.75 Å². The van der Waals surface area contributed by atoms with Crippen LogP contribution in [0.2, 0.25) is 0 Å². The van der Waals surface area contributed by atoms with E-state index in [-0.39, 0.29) is 11.7 Å². The van der Waals surface area contributed by atoms with Gasteiger partial charge in [0, 0.05) is 0 Å². The van der Waals surface area contributed by atoms with Crippen LogP contribution >= 0.6 is 0 Å². The smallest absolute Gasteiger partial charge is 0.200 e. The van der Waals surface area contributed by atoms with Gasteiger partial charge in [-0.25, -0.2) is 4.39 Å². The van der Waals surface area contributed by atoms with Gasteiger partial charge in [0.2, 0.25) is 5.82 Å². The molecule has 1 saturated heterocycles. The van der Waals surface area contributed by atoms with E-state index in [1.165, 1.54) is 51.4 Å². The van der Waals surface area contributed by atoms with Crippen LogP contribution in [0, 0.1) is 29.4 Å². The minimum atomic E-state index is -0.824. The van der Waals surface area contributed by atoms with Gasteiger partial charge < -0.3 is 9.47 Å². The Labute approximate surface area is 187 Å². The van der Waals surface area contributed by atoms with Gasteiger partial charge in [-0.05, 0) is 113 Å². The van der Waals surface area contributed by atoms with Crippen molar-refractivity contribution in [1.29, 1.82) is 0 Å². The van der Waals surface area contributed by atoms with Gasteiger partial charge in [-0.1, -0.05) is 19.4 Å². The molecule has 31 heavy (non-hydrogen) atoms. The molecule has 3 fully saturated rings. The van der Waals surface area contributed by atoms with Crippen molar-refractivity contribution in [3.05, 3.63) is 29.3 Å². The molecule has 0 radical (unpaired) electrons. The van der Waals surface area contributed by atoms with Crippen LogP contribution in [-0.2, 0) is 4.74 Å². The highest BCUT2D eigenvalue weighted by Crippen LogP contribution is 2.46. The van der Waals surface area contributed by atoms with Crippen LogP contribution in [0.25, 0.3) is 0 Å². The minimum absolute atomic E-state index is 0.0291. The summed E-state index contributed by atoms with van der Waals surface area (Å²) in [4.78, 5) is 0. The average molecular weight is 435 g/mol. The summed E-state index contributed by atoms with van der Waals surface area (Å²) >= 11 is 0. The van der Waals surface area contributed by atoms with E-state index in [4.69, 9.17) is 9.47 Å². The quantitative estimate of drug-likeness (QED) is 0.436. The van der Waals surface area contributed by atoms with E-state index >= 15 is 0 Å². The summed E-state index contributed by atoms with van der Waals surface area (Å²) in [6.07, 6.45) is 15.5. The van der Waals surface area contributed by atoms with Crippen molar-refractivity contribution >= 4 is 0 Å². The highest BCUT2D eigenvalue weighted by Gasteiger charge is 2.37. The number of hydrogen-bond donors (Lipinski definition) is 0. The Hall–Kier alpha value is -1.16. The SMILES string of the molecule is CCCC1CCC(C2CCC(C3CCC(c4ccc(OCC)c(F)c4F)CC3)CC2)O1. The molecule has 0 bridgehead atoms. The fraction of sp³-hybridized carbons (Fsp3) is 0.778. The van der Waals surface area contributed by atoms with Gasteiger partial charge in [0.05, 0.1) is 18.8 Å². The maximum atomic E-state index is 14.6. The standard InChI is InChI=1S/C27H40F2O2/c1-3-5-22-14-16-24(31-22)21-12-8-19(9-13-21)18-6-10-20(11-7-18)23-15-17-25(30-4-2)27(29)26(23)28/h15,17-22,24H,3-14,16H2,1-2H3. The first-order valence-electron chi connectivity index (χ1n) is 12.9. The molecule has 1 aliphatic heterocycles. The van der Waals surface area contributed by atoms with Crippen molar-refractivity contribution < 1.29 is 18.3 Å². The summed E-state index contributed by atoms with van der Waals surface area (Å²) in [7, 11) is 0. The molecule has 0 amide bonds. The number of rotatable bonds is 7. The molecule has 0 N–H and O–H groups in total. The van der Waals surface area contributed by atoms with Crippen LogP contribution < -0.4 is 4.74 Å². The van der Waals surface area contributed by atoms with Gasteiger partial charge in [-0.2, -0.15) is 4.39 Å². The normalized spacial score (nSPS) is 34.1. The van der Waals surface area contributed by atoms with E-state index in [2.05, 4.69) is 6.92 Å². The molecule has 2 nitrogen and oxygen atoms in total. The summed E-state index contributed by atoms with van der Waals surface area (Å²) in [5.74, 6) is 0.969. The average Bonchev–Trinajstić information content (AvgIpc) is 3.26. The molecule has 1 aromatic carbocycles. The van der Waals surface area contributed by atoms with Gasteiger partial charge in [0.25, 0.3) is 0 Å². The molecule has 1 heterocycles. The third kappa shape index (κ3) is 5.26. The van der Waals surface area contributed by atoms with Crippen LogP contribution in [-0.4, -0.2) is 18.8 Å². The summed E-state index contributed by atoms with van der Waals surface area (Å²) in [5, 5.41) is 0. The highest BCUT2D eigenvalue weighted by molar-refractivity contribution is 5.33. The highest BCUT2D eigenvalue weighted by atomic mass is 19.2. The van der Waals surface area contributed by atoms with E-state index < -0.39 is 11.6 Å². The molecular formula is C27H40F2O2. The Balaban J connectivity index is 1.25. The van der Waals surface area contributed by atoms with Gasteiger partial charge in [-0.15, -0.1) is 0 Å². The Morgan fingerprint density at radius 3 is 2.10 bits per heavy atom. The maximum absolute atomic E-state index is 14.6. The third-order valence-electron chi connectivity index (χ3n) is 8.35. The van der Waals surface area contributed by atoms with Gasteiger partial charge >= 0.3 is 0 Å². The van der Waals surface area contributed by atoms with Gasteiger partial charge in [-0.3, -0.25) is 0 Å². The van der Waals surface area contributed by atoms with E-state index in [0.29, 0.717) is 24.4 Å². The summed E-state index contributed by atoms with van der Waals surface area (Å²) < 4.78 is 40.5. The Morgan fingerprint density at radius 1 is 0.806 bits per heavy atom. The zero-order chi connectivity index (χ0) is 21.8. The topological polar surface area (TPSA) is 18.5 Å². The fourth-order valence-electron chi connectivity index (χ4n) is 6.63. The summed E-state index contributed by atoms with van der Waals surface area (Å²) in [6.45, 7) is 4.37. The fourth-order valence-corrected chi connectivity index (χ4v) is 6.63. The van der Waals surface area contributed by atoms with Gasteiger partial charge in [0.1, 0.15) is 0 Å². The third-order valence-corrected chi connectivity index (χ3v) is 8.35. The predicted molar refractivity (Wildman–Crippen MR) is 120 cm³/mol. The lowest BCUT2D eigenvalue weighted by molar-refractivity contribution is -0.0111. The van der Waals surface area contributed by atoms with Crippen molar-refractivity contribution in [3.63, 3.8) is 0 Å². The molecule has 2 aliphatic carbocycles. The van der Waals surface area contributed by atoms with Gasteiger partial charge in [0.15, 0.2) is 11.6 Å². The maximum Gasteiger partial charge on any atom is 0.200 e. The monoisotopic (exact) mass is 434 g/mol. The van der Waals surface area contributed by atoms with Crippen LogP contribution in [0.1, 0.15) is 102 Å². The molecule has 0 aromatic heterocycles. The zero-order valence-electron chi connectivity index (χ0n) is 19.4. The largest absolute Gasteiger partial charge is 0.491 e. The van der Waals surface area contributed by atoms with Crippen molar-refractivity contribution in [1.82, 2.24) is 0 Å². The van der Waals surface area contributed by atoms with E-state index in [9.17, 15) is 8.78 Å². The molecule has 4 heteroatoms. The first-order chi connectivity index (χ1) is 15.1. The lowest BCUT2D eigenvalue weighted by Crippen LogP contribution is -2.30. The van der Waals surface area contributed by atoms with E-state index in [1.807, 2.05) is 0 Å². The molecule has 3 aliphatic rings. The Kier molecular flexibility index (Phi) is 7.90. The predicted octanol–water partition coefficient (Wildman–Crippen LogP) is 7.79. The van der Waals surface area contributed by atoms with Crippen molar-refractivity contribution in [2.24, 2.45) is 17.8 Å². The minimum Gasteiger partial charge on any atom is -0.491 e. The first kappa shape index (κ1) is 23.0. The zero-order valence-corrected chi connectivity index (χ0v) is 19.4. The molecule has 4 rings (SSSR count). The summed E-state index contributed by atoms with van der Waals surface area (Å²) in [5.41, 5.74) is 0.545. The van der Waals surface area contributed by atoms with Crippen LogP contribution in [0.15, 0.2) is 12.1 Å². The molecule has 2 saturated carbocycles. The van der Waals surface area contributed by atoms with Crippen LogP contribution in [0.3, 0.4) is 0 Å². The second kappa shape index (κ2) is 10.6. The molecular weight excluding hydrogens is 394 g/mol.